The summed E-state index contributed by atoms with van der Waals surface area (Å²) in [7, 11) is 4.16. The van der Waals surface area contributed by atoms with Crippen LogP contribution in [0, 0.1) is 0 Å². The minimum atomic E-state index is -1.03. The summed E-state index contributed by atoms with van der Waals surface area (Å²) in [5.74, 6) is 0. The molecule has 0 aromatic rings. The van der Waals surface area contributed by atoms with Crippen LogP contribution in [0.25, 0.3) is 0 Å². The van der Waals surface area contributed by atoms with Gasteiger partial charge in [0.15, 0.2) is 0 Å². The molecule has 7 heteroatoms. The van der Waals surface area contributed by atoms with E-state index < -0.39 is 12.3 Å². The second kappa shape index (κ2) is 9.84. The minimum absolute atomic E-state index is 0.00447. The minimum Gasteiger partial charge on any atom is -0.375 e. The molecule has 136 valence electrons. The van der Waals surface area contributed by atoms with Gasteiger partial charge in [0, 0.05) is 65.4 Å². The van der Waals surface area contributed by atoms with E-state index in [1.54, 1.807) is 0 Å². The molecule has 2 heterocycles. The Bertz CT molecular complexity index is 291. The molecule has 0 aromatic heterocycles. The molecule has 5 nitrogen and oxygen atoms in total. The topological polar surface area (TPSA) is 22.2 Å². The molecule has 2 aliphatic heterocycles. The van der Waals surface area contributed by atoms with Crippen molar-refractivity contribution in [3.05, 3.63) is 0 Å². The third-order valence-corrected chi connectivity index (χ3v) is 4.70. The fourth-order valence-electron chi connectivity index (χ4n) is 3.05. The van der Waals surface area contributed by atoms with Gasteiger partial charge in [-0.15, -0.1) is 0 Å². The number of hydrogen-bond donors (Lipinski definition) is 0. The number of rotatable bonds is 8. The highest BCUT2D eigenvalue weighted by Gasteiger charge is 2.20. The molecule has 2 rings (SSSR count). The Kier molecular flexibility index (Phi) is 8.12. The fourth-order valence-corrected chi connectivity index (χ4v) is 3.05. The van der Waals surface area contributed by atoms with Crippen LogP contribution in [0.5, 0.6) is 0 Å². The zero-order chi connectivity index (χ0) is 16.7. The lowest BCUT2D eigenvalue weighted by molar-refractivity contribution is 0.0154. The van der Waals surface area contributed by atoms with Gasteiger partial charge in [0.25, 0.3) is 0 Å². The first-order chi connectivity index (χ1) is 11.0. The number of likely N-dealkylation sites (N-methyl/N-ethyl adjacent to an activating group) is 2. The zero-order valence-corrected chi connectivity index (χ0v) is 14.6. The summed E-state index contributed by atoms with van der Waals surface area (Å²) < 4.78 is 33.1. The summed E-state index contributed by atoms with van der Waals surface area (Å²) >= 11 is 0. The monoisotopic (exact) mass is 334 g/mol. The lowest BCUT2D eigenvalue weighted by Gasteiger charge is -2.33. The second-order valence-corrected chi connectivity index (χ2v) is 6.94. The van der Waals surface area contributed by atoms with Gasteiger partial charge >= 0.3 is 0 Å². The van der Waals surface area contributed by atoms with Crippen LogP contribution in [-0.4, -0.2) is 125 Å². The van der Waals surface area contributed by atoms with Gasteiger partial charge in [-0.05, 0) is 14.1 Å². The van der Waals surface area contributed by atoms with Gasteiger partial charge in [0.1, 0.15) is 12.3 Å². The number of halogens is 2. The van der Waals surface area contributed by atoms with Gasteiger partial charge in [-0.3, -0.25) is 9.80 Å². The molecule has 0 N–H and O–H groups in total. The second-order valence-electron chi connectivity index (χ2n) is 6.94. The Morgan fingerprint density at radius 1 is 0.696 bits per heavy atom. The Hall–Kier alpha value is -0.340. The summed E-state index contributed by atoms with van der Waals surface area (Å²) in [6.45, 7) is 8.26. The van der Waals surface area contributed by atoms with Crippen molar-refractivity contribution in [1.82, 2.24) is 19.6 Å². The maximum absolute atomic E-state index is 13.9. The normalized spacial score (nSPS) is 25.6. The first-order valence-corrected chi connectivity index (χ1v) is 8.70. The van der Waals surface area contributed by atoms with Crippen LogP contribution in [0.3, 0.4) is 0 Å². The van der Waals surface area contributed by atoms with Crippen LogP contribution < -0.4 is 0 Å². The highest BCUT2D eigenvalue weighted by molar-refractivity contribution is 4.74. The van der Waals surface area contributed by atoms with E-state index in [-0.39, 0.29) is 13.2 Å². The molecule has 0 amide bonds. The summed E-state index contributed by atoms with van der Waals surface area (Å²) in [5.41, 5.74) is 0. The predicted octanol–water partition coefficient (Wildman–Crippen LogP) is 0.174. The molecule has 2 unspecified atom stereocenters. The quantitative estimate of drug-likeness (QED) is 0.630. The average Bonchev–Trinajstić information content (AvgIpc) is 2.52. The molecule has 2 saturated heterocycles. The molecule has 23 heavy (non-hydrogen) atoms. The fraction of sp³-hybridized carbons (Fsp3) is 1.00. The van der Waals surface area contributed by atoms with Crippen LogP contribution >= 0.6 is 0 Å². The molecule has 0 saturated carbocycles. The van der Waals surface area contributed by atoms with Gasteiger partial charge in [0.05, 0.1) is 13.2 Å². The van der Waals surface area contributed by atoms with Crippen molar-refractivity contribution in [3.63, 3.8) is 0 Å². The lowest BCUT2D eigenvalue weighted by atomic mass is 10.3. The van der Waals surface area contributed by atoms with Gasteiger partial charge in [0.2, 0.25) is 0 Å². The maximum Gasteiger partial charge on any atom is 0.136 e. The SMILES string of the molecule is CN1CCN(CC(F)COCC(F)CN2CCN(C)CC2)CC1. The smallest absolute Gasteiger partial charge is 0.136 e. The Morgan fingerprint density at radius 3 is 1.39 bits per heavy atom. The van der Waals surface area contributed by atoms with Crippen LogP contribution in [0.15, 0.2) is 0 Å². The number of piperazine rings is 2. The van der Waals surface area contributed by atoms with Gasteiger partial charge in [-0.1, -0.05) is 0 Å². The number of ether oxygens (including phenoxy) is 1. The Morgan fingerprint density at radius 2 is 1.04 bits per heavy atom. The van der Waals surface area contributed by atoms with Crippen molar-refractivity contribution in [3.8, 4) is 0 Å². The standard InChI is InChI=1S/C16H32F2N4O/c1-19-3-7-21(8-4-19)11-15(17)13-23-14-16(18)12-22-9-5-20(2)6-10-22/h15-16H,3-14H2,1-2H3. The van der Waals surface area contributed by atoms with Gasteiger partial charge in [-0.25, -0.2) is 8.78 Å². The lowest BCUT2D eigenvalue weighted by Crippen LogP contribution is -2.47. The first kappa shape index (κ1) is 19.0. The van der Waals surface area contributed by atoms with Gasteiger partial charge in [-0.2, -0.15) is 0 Å². The number of hydrogen-bond acceptors (Lipinski definition) is 5. The maximum atomic E-state index is 13.9. The molecule has 0 bridgehead atoms. The number of nitrogens with zero attached hydrogens (tertiary/aromatic N) is 4. The summed E-state index contributed by atoms with van der Waals surface area (Å²) in [4.78, 5) is 8.72. The van der Waals surface area contributed by atoms with Crippen LogP contribution in [0.4, 0.5) is 8.78 Å². The predicted molar refractivity (Wildman–Crippen MR) is 88.5 cm³/mol. The summed E-state index contributed by atoms with van der Waals surface area (Å²) in [6.07, 6.45) is -2.07. The van der Waals surface area contributed by atoms with E-state index in [0.29, 0.717) is 13.1 Å². The van der Waals surface area contributed by atoms with Crippen molar-refractivity contribution in [1.29, 1.82) is 0 Å². The molecule has 0 spiro atoms. The molecule has 0 radical (unpaired) electrons. The average molecular weight is 334 g/mol. The van der Waals surface area contributed by atoms with Crippen molar-refractivity contribution in [2.45, 2.75) is 12.3 Å². The third-order valence-electron chi connectivity index (χ3n) is 4.70. The Labute approximate surface area is 139 Å². The highest BCUT2D eigenvalue weighted by Crippen LogP contribution is 2.06. The van der Waals surface area contributed by atoms with E-state index in [0.717, 1.165) is 52.4 Å². The molecular formula is C16H32F2N4O. The molecule has 2 aliphatic rings. The van der Waals surface area contributed by atoms with Crippen molar-refractivity contribution in [2.75, 3.05) is 92.8 Å². The van der Waals surface area contributed by atoms with E-state index in [2.05, 4.69) is 33.7 Å². The zero-order valence-electron chi connectivity index (χ0n) is 14.6. The Balaban J connectivity index is 1.51. The molecule has 2 fully saturated rings. The third kappa shape index (κ3) is 7.39. The molecule has 2 atom stereocenters. The van der Waals surface area contributed by atoms with Gasteiger partial charge < -0.3 is 14.5 Å². The van der Waals surface area contributed by atoms with Crippen molar-refractivity contribution >= 4 is 0 Å². The van der Waals surface area contributed by atoms with E-state index in [1.807, 2.05) is 0 Å². The first-order valence-electron chi connectivity index (χ1n) is 8.70. The van der Waals surface area contributed by atoms with Crippen LogP contribution in [0.1, 0.15) is 0 Å². The molecular weight excluding hydrogens is 302 g/mol. The van der Waals surface area contributed by atoms with Crippen molar-refractivity contribution in [2.24, 2.45) is 0 Å². The summed E-state index contributed by atoms with van der Waals surface area (Å²) in [5, 5.41) is 0. The number of alkyl halides is 2. The largest absolute Gasteiger partial charge is 0.375 e. The van der Waals surface area contributed by atoms with E-state index in [4.69, 9.17) is 4.74 Å². The molecule has 0 aromatic carbocycles. The van der Waals surface area contributed by atoms with Crippen LogP contribution in [0.2, 0.25) is 0 Å². The van der Waals surface area contributed by atoms with E-state index in [9.17, 15) is 8.78 Å². The molecule has 0 aliphatic carbocycles. The van der Waals surface area contributed by atoms with Crippen LogP contribution in [-0.2, 0) is 4.74 Å². The summed E-state index contributed by atoms with van der Waals surface area (Å²) in [6, 6.07) is 0. The van der Waals surface area contributed by atoms with Crippen molar-refractivity contribution < 1.29 is 13.5 Å². The van der Waals surface area contributed by atoms with E-state index >= 15 is 0 Å². The highest BCUT2D eigenvalue weighted by atomic mass is 19.1. The van der Waals surface area contributed by atoms with E-state index in [1.165, 1.54) is 0 Å².